The summed E-state index contributed by atoms with van der Waals surface area (Å²) in [5.41, 5.74) is -1.36. The van der Waals surface area contributed by atoms with Crippen molar-refractivity contribution in [2.45, 2.75) is 57.5 Å². The molecular formula is C18H23BF2N2O5. The number of amides is 2. The largest absolute Gasteiger partial charge is 0.497 e. The highest BCUT2D eigenvalue weighted by Crippen LogP contribution is 2.37. The fourth-order valence-corrected chi connectivity index (χ4v) is 3.26. The Kier molecular flexibility index (Phi) is 5.14. The molecule has 2 amide bonds. The van der Waals surface area contributed by atoms with Gasteiger partial charge in [-0.3, -0.25) is 9.69 Å². The molecule has 1 aromatic carbocycles. The first-order valence-corrected chi connectivity index (χ1v) is 9.01. The number of hydrogen-bond donors (Lipinski definition) is 2. The number of rotatable bonds is 3. The van der Waals surface area contributed by atoms with Gasteiger partial charge in [0, 0.05) is 11.9 Å². The molecule has 0 saturated carbocycles. The number of carbonyl (C=O) groups excluding carboxylic acids is 1. The number of nitrogens with zero attached hydrogens (tertiary/aromatic N) is 1. The van der Waals surface area contributed by atoms with Crippen LogP contribution < -0.4 is 10.8 Å². The molecule has 0 aliphatic carbocycles. The maximum Gasteiger partial charge on any atom is 0.497 e. The number of benzene rings is 1. The molecule has 10 heteroatoms. The standard InChI is InChI=1S/C18H23BF2N2O5/c1-17(2)18(3,4)28-19(27-17)11-6-5-7-12(14(11)21)22-15(24)13-8-10(20)9-23(13)16(25)26/h5-7,10,13H,8-9H2,1-4H3,(H,22,24)(H,25,26). The van der Waals surface area contributed by atoms with Crippen molar-refractivity contribution in [3.63, 3.8) is 0 Å². The van der Waals surface area contributed by atoms with Gasteiger partial charge in [0.05, 0.1) is 23.4 Å². The molecular weight excluding hydrogens is 373 g/mol. The number of hydrogen-bond acceptors (Lipinski definition) is 4. The van der Waals surface area contributed by atoms with Crippen molar-refractivity contribution in [2.75, 3.05) is 11.9 Å². The minimum atomic E-state index is -1.44. The third-order valence-electron chi connectivity index (χ3n) is 5.59. The van der Waals surface area contributed by atoms with E-state index in [4.69, 9.17) is 14.4 Å². The molecule has 2 N–H and O–H groups in total. The Morgan fingerprint density at radius 1 is 1.25 bits per heavy atom. The summed E-state index contributed by atoms with van der Waals surface area (Å²) >= 11 is 0. The lowest BCUT2D eigenvalue weighted by Crippen LogP contribution is -2.43. The second-order valence-corrected chi connectivity index (χ2v) is 8.07. The third-order valence-corrected chi connectivity index (χ3v) is 5.59. The van der Waals surface area contributed by atoms with Crippen molar-refractivity contribution in [1.82, 2.24) is 4.90 Å². The molecule has 152 valence electrons. The van der Waals surface area contributed by atoms with Gasteiger partial charge in [-0.1, -0.05) is 12.1 Å². The number of carbonyl (C=O) groups is 2. The van der Waals surface area contributed by atoms with Crippen LogP contribution in [0.5, 0.6) is 0 Å². The highest BCUT2D eigenvalue weighted by molar-refractivity contribution is 6.62. The van der Waals surface area contributed by atoms with Gasteiger partial charge >= 0.3 is 13.2 Å². The van der Waals surface area contributed by atoms with Crippen LogP contribution in [0.25, 0.3) is 0 Å². The molecule has 0 bridgehead atoms. The zero-order valence-electron chi connectivity index (χ0n) is 16.2. The summed E-state index contributed by atoms with van der Waals surface area (Å²) in [5.74, 6) is -1.53. The number of halogens is 2. The Balaban J connectivity index is 1.81. The Bertz CT molecular complexity index is 788. The van der Waals surface area contributed by atoms with Crippen LogP contribution in [0.4, 0.5) is 19.3 Å². The molecule has 2 saturated heterocycles. The van der Waals surface area contributed by atoms with E-state index in [-0.39, 0.29) is 24.1 Å². The van der Waals surface area contributed by atoms with Crippen molar-refractivity contribution >= 4 is 30.3 Å². The molecule has 2 aliphatic rings. The summed E-state index contributed by atoms with van der Waals surface area (Å²) in [6, 6.07) is 3.15. The molecule has 7 nitrogen and oxygen atoms in total. The summed E-state index contributed by atoms with van der Waals surface area (Å²) in [6.45, 7) is 6.97. The van der Waals surface area contributed by atoms with Crippen molar-refractivity contribution in [3.8, 4) is 0 Å². The fourth-order valence-electron chi connectivity index (χ4n) is 3.26. The van der Waals surface area contributed by atoms with E-state index < -0.39 is 48.4 Å². The van der Waals surface area contributed by atoms with Crippen LogP contribution in [-0.4, -0.2) is 59.1 Å². The molecule has 2 aliphatic heterocycles. The Morgan fingerprint density at radius 2 is 1.86 bits per heavy atom. The van der Waals surface area contributed by atoms with Gasteiger partial charge in [-0.25, -0.2) is 13.6 Å². The van der Waals surface area contributed by atoms with E-state index in [0.29, 0.717) is 0 Å². The van der Waals surface area contributed by atoms with Gasteiger partial charge < -0.3 is 19.7 Å². The highest BCUT2D eigenvalue weighted by Gasteiger charge is 2.52. The van der Waals surface area contributed by atoms with Crippen LogP contribution in [0, 0.1) is 5.82 Å². The average molecular weight is 396 g/mol. The highest BCUT2D eigenvalue weighted by atomic mass is 19.1. The summed E-state index contributed by atoms with van der Waals surface area (Å²) in [7, 11) is -0.959. The van der Waals surface area contributed by atoms with E-state index in [0.717, 1.165) is 4.90 Å². The molecule has 2 fully saturated rings. The van der Waals surface area contributed by atoms with Gasteiger partial charge in [-0.2, -0.15) is 0 Å². The molecule has 3 rings (SSSR count). The van der Waals surface area contributed by atoms with Crippen LogP contribution in [-0.2, 0) is 14.1 Å². The number of alkyl halides is 1. The predicted octanol–water partition coefficient (Wildman–Crippen LogP) is 2.15. The topological polar surface area (TPSA) is 88.1 Å². The lowest BCUT2D eigenvalue weighted by molar-refractivity contribution is -0.120. The first-order chi connectivity index (χ1) is 12.9. The summed E-state index contributed by atoms with van der Waals surface area (Å²) < 4.78 is 40.3. The van der Waals surface area contributed by atoms with E-state index in [1.54, 1.807) is 0 Å². The Morgan fingerprint density at radius 3 is 2.43 bits per heavy atom. The summed E-state index contributed by atoms with van der Waals surface area (Å²) in [4.78, 5) is 24.4. The molecule has 1 aromatic rings. The van der Waals surface area contributed by atoms with Gasteiger partial charge in [0.1, 0.15) is 18.0 Å². The quantitative estimate of drug-likeness (QED) is 0.765. The van der Waals surface area contributed by atoms with Crippen molar-refractivity contribution in [3.05, 3.63) is 24.0 Å². The second kappa shape index (κ2) is 7.00. The van der Waals surface area contributed by atoms with Crippen LogP contribution in [0.2, 0.25) is 0 Å². The number of nitrogens with one attached hydrogen (secondary N) is 1. The first-order valence-electron chi connectivity index (χ1n) is 9.01. The normalized spacial score (nSPS) is 25.8. The van der Waals surface area contributed by atoms with Gasteiger partial charge in [0.2, 0.25) is 5.91 Å². The minimum absolute atomic E-state index is 0.112. The van der Waals surface area contributed by atoms with Crippen LogP contribution in [0.1, 0.15) is 34.1 Å². The van der Waals surface area contributed by atoms with Crippen molar-refractivity contribution in [1.29, 1.82) is 0 Å². The zero-order valence-corrected chi connectivity index (χ0v) is 16.2. The van der Waals surface area contributed by atoms with Gasteiger partial charge in [-0.15, -0.1) is 0 Å². The number of carboxylic acid groups (broad SMARTS) is 1. The fraction of sp³-hybridized carbons (Fsp3) is 0.556. The average Bonchev–Trinajstić information content (AvgIpc) is 3.06. The first kappa shape index (κ1) is 20.5. The van der Waals surface area contributed by atoms with Crippen LogP contribution >= 0.6 is 0 Å². The minimum Gasteiger partial charge on any atom is -0.465 e. The molecule has 0 aromatic heterocycles. The van der Waals surface area contributed by atoms with Crippen molar-refractivity contribution < 1.29 is 32.8 Å². The van der Waals surface area contributed by atoms with Crippen LogP contribution in [0.3, 0.4) is 0 Å². The number of likely N-dealkylation sites (tertiary alicyclic amines) is 1. The lowest BCUT2D eigenvalue weighted by Gasteiger charge is -2.32. The van der Waals surface area contributed by atoms with Gasteiger partial charge in [0.25, 0.3) is 0 Å². The third kappa shape index (κ3) is 3.58. The molecule has 28 heavy (non-hydrogen) atoms. The predicted molar refractivity (Wildman–Crippen MR) is 98.8 cm³/mol. The van der Waals surface area contributed by atoms with E-state index >= 15 is 4.39 Å². The van der Waals surface area contributed by atoms with E-state index in [9.17, 15) is 14.0 Å². The molecule has 0 radical (unpaired) electrons. The van der Waals surface area contributed by atoms with E-state index in [2.05, 4.69) is 5.32 Å². The lowest BCUT2D eigenvalue weighted by atomic mass is 9.78. The van der Waals surface area contributed by atoms with E-state index in [1.165, 1.54) is 18.2 Å². The zero-order chi connectivity index (χ0) is 20.9. The van der Waals surface area contributed by atoms with E-state index in [1.807, 2.05) is 27.7 Å². The number of anilines is 1. The Labute approximate surface area is 162 Å². The molecule has 2 unspecified atom stereocenters. The molecule has 2 heterocycles. The second-order valence-electron chi connectivity index (χ2n) is 8.07. The van der Waals surface area contributed by atoms with Crippen LogP contribution in [0.15, 0.2) is 18.2 Å². The SMILES string of the molecule is CC1(C)OB(c2cccc(NC(=O)C3CC(F)CN3C(=O)O)c2F)OC1(C)C. The smallest absolute Gasteiger partial charge is 0.465 e. The van der Waals surface area contributed by atoms with Gasteiger partial charge in [-0.05, 0) is 33.8 Å². The van der Waals surface area contributed by atoms with Gasteiger partial charge in [0.15, 0.2) is 0 Å². The summed E-state index contributed by atoms with van der Waals surface area (Å²) in [6.07, 6.45) is -3.10. The monoisotopic (exact) mass is 396 g/mol. The molecule has 0 spiro atoms. The summed E-state index contributed by atoms with van der Waals surface area (Å²) in [5, 5.41) is 11.5. The maximum absolute atomic E-state index is 15.0. The van der Waals surface area contributed by atoms with Crippen molar-refractivity contribution in [2.24, 2.45) is 0 Å². The molecule has 2 atom stereocenters. The Hall–Kier alpha value is -2.20. The maximum atomic E-state index is 15.0.